The first-order chi connectivity index (χ1) is 16.0. The van der Waals surface area contributed by atoms with Gasteiger partial charge in [0.2, 0.25) is 0 Å². The molecule has 10 N–H and O–H groups in total. The monoisotopic (exact) mass is 446 g/mol. The summed E-state index contributed by atoms with van der Waals surface area (Å²) in [5, 5.41) is 13.7. The molecule has 0 bridgehead atoms. The lowest BCUT2D eigenvalue weighted by atomic mass is 10.1. The zero-order valence-corrected chi connectivity index (χ0v) is 17.9. The molecule has 0 aliphatic rings. The van der Waals surface area contributed by atoms with Gasteiger partial charge in [-0.2, -0.15) is 0 Å². The Hall–Kier alpha value is -4.51. The molecule has 0 fully saturated rings. The molecule has 11 heteroatoms. The molecular weight excluding hydrogens is 420 g/mol. The zero-order valence-electron chi connectivity index (χ0n) is 17.9. The first kappa shape index (κ1) is 23.2. The molecule has 170 valence electrons. The summed E-state index contributed by atoms with van der Waals surface area (Å²) < 4.78 is 0. The standard InChI is InChI=1S/C22H26N10O/c23-7-15(5-18-6-19(24)31-21(32-26)20(18)25)9-27-8-14-1-3-17(4-2-14)22(33)30-12-16-10-28-13-29-11-16/h1-4,6-7,9-11,13,23,27H,5,8,12,25-26H2,(H,30,33)(H3,24,31,32)/b15-9-,23-7?. The zero-order chi connectivity index (χ0) is 23.6. The fourth-order valence-electron chi connectivity index (χ4n) is 3.03. The molecule has 3 aromatic rings. The molecule has 0 saturated carbocycles. The first-order valence-corrected chi connectivity index (χ1v) is 10.1. The van der Waals surface area contributed by atoms with Crippen LogP contribution in [-0.4, -0.2) is 27.1 Å². The van der Waals surface area contributed by atoms with Crippen LogP contribution >= 0.6 is 0 Å². The number of nitrogens with zero attached hydrogens (tertiary/aromatic N) is 3. The van der Waals surface area contributed by atoms with Crippen molar-refractivity contribution in [3.8, 4) is 0 Å². The second kappa shape index (κ2) is 11.2. The number of pyridine rings is 1. The van der Waals surface area contributed by atoms with Crippen molar-refractivity contribution in [3.05, 3.63) is 83.1 Å². The SMILES string of the molecule is N=C/C(=C\NCc1ccc(C(=O)NCc2cncnc2)cc1)Cc1cc(N)nc(NN)c1N. The Kier molecular flexibility index (Phi) is 7.86. The van der Waals surface area contributed by atoms with Gasteiger partial charge in [0.05, 0.1) is 5.69 Å². The van der Waals surface area contributed by atoms with Gasteiger partial charge in [-0.05, 0) is 34.9 Å². The van der Waals surface area contributed by atoms with Crippen molar-refractivity contribution in [2.45, 2.75) is 19.5 Å². The molecule has 3 rings (SSSR count). The summed E-state index contributed by atoms with van der Waals surface area (Å²) in [5.41, 5.74) is 18.4. The minimum absolute atomic E-state index is 0.176. The molecule has 0 radical (unpaired) electrons. The summed E-state index contributed by atoms with van der Waals surface area (Å²) >= 11 is 0. The lowest BCUT2D eigenvalue weighted by molar-refractivity contribution is 0.0951. The Morgan fingerprint density at radius 2 is 1.79 bits per heavy atom. The number of benzene rings is 1. The number of amides is 1. The van der Waals surface area contributed by atoms with Gasteiger partial charge in [-0.15, -0.1) is 0 Å². The van der Waals surface area contributed by atoms with E-state index in [-0.39, 0.29) is 11.7 Å². The van der Waals surface area contributed by atoms with Crippen LogP contribution in [0.3, 0.4) is 0 Å². The maximum absolute atomic E-state index is 12.3. The van der Waals surface area contributed by atoms with E-state index in [1.54, 1.807) is 36.8 Å². The van der Waals surface area contributed by atoms with Gasteiger partial charge < -0.3 is 32.9 Å². The third-order valence-corrected chi connectivity index (χ3v) is 4.76. The van der Waals surface area contributed by atoms with E-state index < -0.39 is 0 Å². The number of hydrogen-bond donors (Lipinski definition) is 7. The minimum Gasteiger partial charge on any atom is -0.395 e. The summed E-state index contributed by atoms with van der Waals surface area (Å²) in [4.78, 5) is 24.2. The van der Waals surface area contributed by atoms with Crippen LogP contribution in [0, 0.1) is 5.41 Å². The number of hydrazine groups is 1. The molecule has 2 aromatic heterocycles. The Morgan fingerprint density at radius 3 is 2.45 bits per heavy atom. The van der Waals surface area contributed by atoms with Gasteiger partial charge >= 0.3 is 0 Å². The van der Waals surface area contributed by atoms with Crippen molar-refractivity contribution < 1.29 is 4.79 Å². The predicted molar refractivity (Wildman–Crippen MR) is 128 cm³/mol. The molecule has 1 aromatic carbocycles. The van der Waals surface area contributed by atoms with E-state index in [1.165, 1.54) is 12.5 Å². The molecule has 0 aliphatic carbocycles. The normalized spacial score (nSPS) is 11.0. The van der Waals surface area contributed by atoms with Crippen LogP contribution in [0.25, 0.3) is 0 Å². The summed E-state index contributed by atoms with van der Waals surface area (Å²) in [7, 11) is 0. The molecule has 0 atom stereocenters. The van der Waals surface area contributed by atoms with Crippen molar-refractivity contribution in [1.29, 1.82) is 5.41 Å². The number of allylic oxidation sites excluding steroid dienone is 1. The summed E-state index contributed by atoms with van der Waals surface area (Å²) in [5.74, 6) is 5.82. The van der Waals surface area contributed by atoms with Crippen LogP contribution in [0.15, 0.2) is 60.8 Å². The maximum Gasteiger partial charge on any atom is 0.251 e. The summed E-state index contributed by atoms with van der Waals surface area (Å²) in [6.07, 6.45) is 8.12. The Balaban J connectivity index is 1.55. The fraction of sp³-hybridized carbons (Fsp3) is 0.136. The molecule has 33 heavy (non-hydrogen) atoms. The lowest BCUT2D eigenvalue weighted by Crippen LogP contribution is -2.22. The number of carbonyl (C=O) groups is 1. The minimum atomic E-state index is -0.176. The van der Waals surface area contributed by atoms with Crippen molar-refractivity contribution in [1.82, 2.24) is 25.6 Å². The fourth-order valence-corrected chi connectivity index (χ4v) is 3.03. The number of aromatic nitrogens is 3. The Bertz CT molecular complexity index is 1130. The molecule has 1 amide bonds. The van der Waals surface area contributed by atoms with Crippen LogP contribution in [0.2, 0.25) is 0 Å². The van der Waals surface area contributed by atoms with Crippen LogP contribution in [0.1, 0.15) is 27.0 Å². The van der Waals surface area contributed by atoms with E-state index in [0.717, 1.165) is 11.1 Å². The number of hydrogen-bond acceptors (Lipinski definition) is 10. The molecule has 0 aliphatic heterocycles. The van der Waals surface area contributed by atoms with Gasteiger partial charge in [-0.25, -0.2) is 20.8 Å². The average Bonchev–Trinajstić information content (AvgIpc) is 2.84. The van der Waals surface area contributed by atoms with Crippen LogP contribution < -0.4 is 33.4 Å². The summed E-state index contributed by atoms with van der Waals surface area (Å²) in [6.45, 7) is 0.876. The topological polar surface area (TPSA) is 194 Å². The molecule has 0 unspecified atom stereocenters. The highest BCUT2D eigenvalue weighted by atomic mass is 16.1. The number of anilines is 3. The van der Waals surface area contributed by atoms with Gasteiger partial charge in [0, 0.05) is 55.4 Å². The van der Waals surface area contributed by atoms with Gasteiger partial charge in [0.25, 0.3) is 5.91 Å². The smallest absolute Gasteiger partial charge is 0.251 e. The van der Waals surface area contributed by atoms with Crippen molar-refractivity contribution in [3.63, 3.8) is 0 Å². The molecule has 0 saturated heterocycles. The van der Waals surface area contributed by atoms with Gasteiger partial charge in [-0.3, -0.25) is 4.79 Å². The second-order valence-electron chi connectivity index (χ2n) is 7.16. The third kappa shape index (κ3) is 6.48. The van der Waals surface area contributed by atoms with Crippen molar-refractivity contribution in [2.24, 2.45) is 5.84 Å². The quantitative estimate of drug-likeness (QED) is 0.136. The van der Waals surface area contributed by atoms with Crippen LogP contribution in [0.5, 0.6) is 0 Å². The highest BCUT2D eigenvalue weighted by Crippen LogP contribution is 2.24. The van der Waals surface area contributed by atoms with E-state index in [9.17, 15) is 4.79 Å². The van der Waals surface area contributed by atoms with Gasteiger partial charge in [0.15, 0.2) is 5.82 Å². The van der Waals surface area contributed by atoms with E-state index in [2.05, 4.69) is 31.0 Å². The van der Waals surface area contributed by atoms with Gasteiger partial charge in [-0.1, -0.05) is 12.1 Å². The highest BCUT2D eigenvalue weighted by molar-refractivity contribution is 5.94. The Morgan fingerprint density at radius 1 is 1.06 bits per heavy atom. The third-order valence-electron chi connectivity index (χ3n) is 4.76. The lowest BCUT2D eigenvalue weighted by Gasteiger charge is -2.12. The number of rotatable bonds is 10. The number of nitrogen functional groups attached to an aromatic ring is 3. The number of nitrogens with two attached hydrogens (primary N) is 3. The molecule has 11 nitrogen and oxygen atoms in total. The molecule has 2 heterocycles. The van der Waals surface area contributed by atoms with Crippen molar-refractivity contribution in [2.75, 3.05) is 16.9 Å². The number of nitrogens with one attached hydrogen (secondary N) is 4. The Labute approximate surface area is 191 Å². The van der Waals surface area contributed by atoms with Crippen molar-refractivity contribution >= 4 is 29.4 Å². The van der Waals surface area contributed by atoms with E-state index in [1.807, 2.05) is 12.1 Å². The van der Waals surface area contributed by atoms with E-state index >= 15 is 0 Å². The van der Waals surface area contributed by atoms with E-state index in [0.29, 0.717) is 47.7 Å². The first-order valence-electron chi connectivity index (χ1n) is 10.1. The van der Waals surface area contributed by atoms with E-state index in [4.69, 9.17) is 22.7 Å². The predicted octanol–water partition coefficient (Wildman–Crippen LogP) is 1.12. The molecular formula is C22H26N10O. The average molecular weight is 447 g/mol. The summed E-state index contributed by atoms with van der Waals surface area (Å²) in [6, 6.07) is 8.91. The largest absolute Gasteiger partial charge is 0.395 e. The van der Waals surface area contributed by atoms with Crippen LogP contribution in [-0.2, 0) is 19.5 Å². The maximum atomic E-state index is 12.3. The van der Waals surface area contributed by atoms with Crippen LogP contribution in [0.4, 0.5) is 17.3 Å². The number of carbonyl (C=O) groups excluding carboxylic acids is 1. The second-order valence-corrected chi connectivity index (χ2v) is 7.16. The molecule has 0 spiro atoms. The van der Waals surface area contributed by atoms with Gasteiger partial charge in [0.1, 0.15) is 12.1 Å². The highest BCUT2D eigenvalue weighted by Gasteiger charge is 2.10.